The van der Waals surface area contributed by atoms with Gasteiger partial charge in [0, 0.05) is 38.6 Å². The Bertz CT molecular complexity index is 1360. The number of benzene rings is 3. The van der Waals surface area contributed by atoms with Crippen LogP contribution in [0, 0.1) is 0 Å². The quantitative estimate of drug-likeness (QED) is 0.152. The molecule has 0 saturated carbocycles. The smallest absolute Gasteiger partial charge is 0.139 e. The van der Waals surface area contributed by atoms with Crippen molar-refractivity contribution in [2.24, 2.45) is 0 Å². The second kappa shape index (κ2) is 11.4. The van der Waals surface area contributed by atoms with Gasteiger partial charge >= 0.3 is 0 Å². The summed E-state index contributed by atoms with van der Waals surface area (Å²) in [6.45, 7) is 15.8. The summed E-state index contributed by atoms with van der Waals surface area (Å²) in [6.07, 6.45) is 6.17. The monoisotopic (exact) mass is 523 g/mol. The average molecular weight is 524 g/mol. The highest BCUT2D eigenvalue weighted by Crippen LogP contribution is 2.42. The third kappa shape index (κ3) is 6.17. The number of likely N-dealkylation sites (tertiary alicyclic amines) is 1. The van der Waals surface area contributed by atoms with Crippen LogP contribution < -0.4 is 0 Å². The van der Waals surface area contributed by atoms with Crippen molar-refractivity contribution in [3.8, 4) is 0 Å². The van der Waals surface area contributed by atoms with Crippen LogP contribution in [0.1, 0.15) is 28.7 Å². The van der Waals surface area contributed by atoms with E-state index in [1.165, 1.54) is 27.6 Å². The highest BCUT2D eigenvalue weighted by Gasteiger charge is 2.41. The molecule has 4 nitrogen and oxygen atoms in total. The van der Waals surface area contributed by atoms with Gasteiger partial charge in [-0.25, -0.2) is 4.68 Å². The topological polar surface area (TPSA) is 30.3 Å². The van der Waals surface area contributed by atoms with E-state index in [2.05, 4.69) is 104 Å². The maximum atomic E-state index is 6.04. The third-order valence-electron chi connectivity index (χ3n) is 7.88. The molecule has 0 spiro atoms. The van der Waals surface area contributed by atoms with Gasteiger partial charge in [-0.2, -0.15) is 5.10 Å². The second-order valence-corrected chi connectivity index (χ2v) is 17.7. The van der Waals surface area contributed by atoms with Crippen molar-refractivity contribution >= 4 is 25.1 Å². The van der Waals surface area contributed by atoms with Crippen molar-refractivity contribution in [2.45, 2.75) is 57.2 Å². The predicted molar refractivity (Wildman–Crippen MR) is 162 cm³/mol. The number of hydrogen-bond acceptors (Lipinski definition) is 3. The number of hydrogen-bond donors (Lipinski definition) is 0. The Labute approximate surface area is 229 Å². The van der Waals surface area contributed by atoms with E-state index in [0.29, 0.717) is 6.73 Å². The lowest BCUT2D eigenvalue weighted by Crippen LogP contribution is -2.34. The molecule has 38 heavy (non-hydrogen) atoms. The van der Waals surface area contributed by atoms with Gasteiger partial charge in [-0.05, 0) is 59.8 Å². The van der Waals surface area contributed by atoms with E-state index in [9.17, 15) is 0 Å². The summed E-state index contributed by atoms with van der Waals surface area (Å²) in [5, 5.41) is 5.88. The van der Waals surface area contributed by atoms with Gasteiger partial charge in [-0.15, -0.1) is 0 Å². The first kappa shape index (κ1) is 26.6. The molecule has 0 radical (unpaired) electrons. The lowest BCUT2D eigenvalue weighted by atomic mass is 9.72. The predicted octanol–water partition coefficient (Wildman–Crippen LogP) is 7.38. The molecule has 4 aromatic rings. The Hall–Kier alpha value is -2.99. The Morgan fingerprint density at radius 3 is 2.39 bits per heavy atom. The standard InChI is InChI=1S/C33H41N3OSi/c1-5-29-21-32-30(23-34-36(32)26-37-18-19-38(2,3)4)20-31(29)33(22-27-12-8-6-9-13-27)16-17-35(25-33)24-28-14-10-7-11-15-28/h5-15,20-21,23H,1,16-19,22,24-26H2,2-4H3. The first-order chi connectivity index (χ1) is 18.4. The van der Waals surface area contributed by atoms with Crippen LogP contribution in [-0.2, 0) is 29.8 Å². The molecule has 3 aromatic carbocycles. The zero-order valence-electron chi connectivity index (χ0n) is 23.2. The SMILES string of the molecule is C=Cc1cc2c(cnn2COCC[Si](C)(C)C)cc1C1(Cc2ccccc2)CCN(Cc2ccccc2)C1. The van der Waals surface area contributed by atoms with Crippen LogP contribution in [0.4, 0.5) is 0 Å². The number of nitrogens with zero attached hydrogens (tertiary/aromatic N) is 3. The zero-order valence-corrected chi connectivity index (χ0v) is 24.2. The van der Waals surface area contributed by atoms with Crippen LogP contribution in [0.2, 0.25) is 25.7 Å². The van der Waals surface area contributed by atoms with Gasteiger partial charge in [0.05, 0.1) is 11.7 Å². The fraction of sp³-hybridized carbons (Fsp3) is 0.364. The largest absolute Gasteiger partial charge is 0.360 e. The fourth-order valence-corrected chi connectivity index (χ4v) is 6.54. The zero-order chi connectivity index (χ0) is 26.6. The molecule has 1 fully saturated rings. The van der Waals surface area contributed by atoms with Crippen LogP contribution in [0.3, 0.4) is 0 Å². The van der Waals surface area contributed by atoms with Crippen molar-refractivity contribution < 1.29 is 4.74 Å². The first-order valence-electron chi connectivity index (χ1n) is 13.9. The van der Waals surface area contributed by atoms with Crippen LogP contribution >= 0.6 is 0 Å². The summed E-state index contributed by atoms with van der Waals surface area (Å²) in [5.74, 6) is 0. The summed E-state index contributed by atoms with van der Waals surface area (Å²) in [5.41, 5.74) is 6.49. The minimum Gasteiger partial charge on any atom is -0.360 e. The van der Waals surface area contributed by atoms with E-state index in [4.69, 9.17) is 9.84 Å². The molecular formula is C33H41N3OSi. The molecule has 1 atom stereocenters. The van der Waals surface area contributed by atoms with E-state index < -0.39 is 8.07 Å². The van der Waals surface area contributed by atoms with Gasteiger partial charge in [-0.1, -0.05) is 93.0 Å². The van der Waals surface area contributed by atoms with Gasteiger partial charge in [0.15, 0.2) is 0 Å². The molecule has 1 aliphatic rings. The van der Waals surface area contributed by atoms with E-state index in [1.807, 2.05) is 17.0 Å². The fourth-order valence-electron chi connectivity index (χ4n) is 5.78. The van der Waals surface area contributed by atoms with E-state index >= 15 is 0 Å². The van der Waals surface area contributed by atoms with Gasteiger partial charge in [0.2, 0.25) is 0 Å². The molecule has 198 valence electrons. The normalized spacial score (nSPS) is 18.3. The van der Waals surface area contributed by atoms with Crippen molar-refractivity contribution in [2.75, 3.05) is 19.7 Å². The molecule has 0 bridgehead atoms. The molecule has 5 heteroatoms. The van der Waals surface area contributed by atoms with Crippen LogP contribution in [0.25, 0.3) is 17.0 Å². The minimum absolute atomic E-state index is 0.0176. The van der Waals surface area contributed by atoms with Gasteiger partial charge in [0.1, 0.15) is 6.73 Å². The second-order valence-electron chi connectivity index (χ2n) is 12.1. The summed E-state index contributed by atoms with van der Waals surface area (Å²) in [4.78, 5) is 2.62. The molecule has 2 heterocycles. The van der Waals surface area contributed by atoms with E-state index in [-0.39, 0.29) is 5.41 Å². The molecule has 0 amide bonds. The third-order valence-corrected chi connectivity index (χ3v) is 9.59. The lowest BCUT2D eigenvalue weighted by molar-refractivity contribution is 0.0817. The molecular weight excluding hydrogens is 482 g/mol. The van der Waals surface area contributed by atoms with Gasteiger partial charge in [0.25, 0.3) is 0 Å². The molecule has 1 aromatic heterocycles. The number of rotatable bonds is 11. The summed E-state index contributed by atoms with van der Waals surface area (Å²) < 4.78 is 8.03. The Morgan fingerprint density at radius 2 is 1.71 bits per heavy atom. The molecule has 1 aliphatic heterocycles. The molecule has 5 rings (SSSR count). The molecule has 0 aliphatic carbocycles. The maximum absolute atomic E-state index is 6.04. The van der Waals surface area contributed by atoms with Crippen molar-refractivity contribution in [3.63, 3.8) is 0 Å². The number of fused-ring (bicyclic) bond motifs is 1. The molecule has 0 N–H and O–H groups in total. The van der Waals surface area contributed by atoms with Gasteiger partial charge < -0.3 is 4.74 Å². The number of aromatic nitrogens is 2. The Balaban J connectivity index is 1.45. The van der Waals surface area contributed by atoms with Gasteiger partial charge in [-0.3, -0.25) is 4.90 Å². The highest BCUT2D eigenvalue weighted by atomic mass is 28.3. The first-order valence-corrected chi connectivity index (χ1v) is 17.6. The van der Waals surface area contributed by atoms with Crippen molar-refractivity contribution in [3.05, 3.63) is 108 Å². The average Bonchev–Trinajstić information content (AvgIpc) is 3.50. The lowest BCUT2D eigenvalue weighted by Gasteiger charge is -2.32. The maximum Gasteiger partial charge on any atom is 0.139 e. The summed E-state index contributed by atoms with van der Waals surface area (Å²) in [7, 11) is -1.11. The molecule has 1 saturated heterocycles. The van der Waals surface area contributed by atoms with Crippen molar-refractivity contribution in [1.29, 1.82) is 0 Å². The van der Waals surface area contributed by atoms with Crippen molar-refractivity contribution in [1.82, 2.24) is 14.7 Å². The minimum atomic E-state index is -1.11. The highest BCUT2D eigenvalue weighted by molar-refractivity contribution is 6.76. The molecule has 1 unspecified atom stereocenters. The Morgan fingerprint density at radius 1 is 1.00 bits per heavy atom. The number of ether oxygens (including phenoxy) is 1. The van der Waals surface area contributed by atoms with Crippen LogP contribution in [0.15, 0.2) is 85.6 Å². The summed E-state index contributed by atoms with van der Waals surface area (Å²) in [6, 6.07) is 27.6. The van der Waals surface area contributed by atoms with Crippen LogP contribution in [0.5, 0.6) is 0 Å². The van der Waals surface area contributed by atoms with E-state index in [1.54, 1.807) is 0 Å². The Kier molecular flexibility index (Phi) is 7.98. The van der Waals surface area contributed by atoms with E-state index in [0.717, 1.165) is 50.6 Å². The van der Waals surface area contributed by atoms with Crippen LogP contribution in [-0.4, -0.2) is 42.5 Å². The summed E-state index contributed by atoms with van der Waals surface area (Å²) >= 11 is 0.